The Labute approximate surface area is 292 Å². The van der Waals surface area contributed by atoms with Gasteiger partial charge in [0.05, 0.1) is 40.7 Å². The summed E-state index contributed by atoms with van der Waals surface area (Å²) in [4.78, 5) is 53.2. The number of carbonyl (C=O) groups is 2. The molecule has 1 aromatic carbocycles. The van der Waals surface area contributed by atoms with Gasteiger partial charge in [0.25, 0.3) is 11.5 Å². The number of fused-ring (bicyclic) bond motifs is 3. The second-order valence-corrected chi connectivity index (χ2v) is 13.0. The van der Waals surface area contributed by atoms with E-state index in [4.69, 9.17) is 16.3 Å². The third-order valence-corrected chi connectivity index (χ3v) is 9.82. The summed E-state index contributed by atoms with van der Waals surface area (Å²) in [5.41, 5.74) is -1.26. The number of β-amino-alcohol motifs (C(OH)–C–C–N with tert-alkyl or cyclic N) is 1. The molecule has 18 heteroatoms. The number of nitrogens with one attached hydrogen (secondary N) is 1. The highest BCUT2D eigenvalue weighted by Gasteiger charge is 2.48. The van der Waals surface area contributed by atoms with Crippen molar-refractivity contribution in [2.24, 2.45) is 0 Å². The zero-order valence-corrected chi connectivity index (χ0v) is 27.7. The molecule has 0 saturated carbocycles. The first kappa shape index (κ1) is 34.6. The van der Waals surface area contributed by atoms with Crippen LogP contribution in [0.15, 0.2) is 47.4 Å². The highest BCUT2D eigenvalue weighted by Crippen LogP contribution is 2.43. The predicted octanol–water partition coefficient (Wildman–Crippen LogP) is 3.05. The number of aromatic hydroxyl groups is 1. The summed E-state index contributed by atoms with van der Waals surface area (Å²) < 4.78 is 48.6. The number of amides is 2. The van der Waals surface area contributed by atoms with Crippen LogP contribution < -0.4 is 10.9 Å². The number of piperidine rings is 1. The van der Waals surface area contributed by atoms with E-state index in [0.717, 1.165) is 28.3 Å². The zero-order chi connectivity index (χ0) is 36.1. The van der Waals surface area contributed by atoms with E-state index in [-0.39, 0.29) is 72.6 Å². The number of aliphatic hydroxyl groups is 1. The van der Waals surface area contributed by atoms with Crippen LogP contribution in [-0.4, -0.2) is 95.3 Å². The first-order valence-corrected chi connectivity index (χ1v) is 16.6. The van der Waals surface area contributed by atoms with Gasteiger partial charge in [0, 0.05) is 38.9 Å². The molecule has 2 amide bonds. The van der Waals surface area contributed by atoms with Gasteiger partial charge in [0.15, 0.2) is 11.5 Å². The SMILES string of the molecule is O=C(Cn1c2c(c(=O)n3nc(C4=CCN(CCO)CC4)nc13)C1(CCN(C(=O)c3ncccc3O)CC1)OC2)Nc1ccc(C(F)(F)F)cc1Cl. The average molecular weight is 729 g/mol. The minimum atomic E-state index is -4.62. The number of hydrogen-bond acceptors (Lipinski definition) is 10. The third kappa shape index (κ3) is 6.45. The standard InChI is InChI=1S/C33H32ClF3N8O6/c34-21-16-20(33(35,36)37)3-4-22(21)39-25(48)17-44-23-18-51-32(7-12-43(13-8-32)30(50)27-24(47)2-1-9-38-27)26(23)29(49)45-31(44)40-28(41-45)19-5-10-42(11-6-19)14-15-46/h1-5,9,16,46-47H,6-8,10-15,17-18H2,(H,39,48). The zero-order valence-electron chi connectivity index (χ0n) is 27.0. The molecule has 0 bridgehead atoms. The summed E-state index contributed by atoms with van der Waals surface area (Å²) >= 11 is 6.11. The number of benzene rings is 1. The molecule has 4 aromatic rings. The van der Waals surface area contributed by atoms with Crippen LogP contribution in [0.1, 0.15) is 52.4 Å². The normalized spacial score (nSPS) is 17.5. The second-order valence-electron chi connectivity index (χ2n) is 12.6. The third-order valence-electron chi connectivity index (χ3n) is 9.51. The van der Waals surface area contributed by atoms with Crippen LogP contribution in [0.5, 0.6) is 5.75 Å². The van der Waals surface area contributed by atoms with Crippen molar-refractivity contribution >= 4 is 40.5 Å². The lowest BCUT2D eigenvalue weighted by Crippen LogP contribution is -2.47. The molecular formula is C33H32ClF3N8O6. The van der Waals surface area contributed by atoms with Crippen molar-refractivity contribution in [3.8, 4) is 5.75 Å². The van der Waals surface area contributed by atoms with E-state index in [2.05, 4.69) is 25.3 Å². The maximum Gasteiger partial charge on any atom is 0.416 e. The fraction of sp³-hybridized carbons (Fsp3) is 0.394. The highest BCUT2D eigenvalue weighted by atomic mass is 35.5. The van der Waals surface area contributed by atoms with E-state index < -0.39 is 41.3 Å². The van der Waals surface area contributed by atoms with Gasteiger partial charge in [-0.1, -0.05) is 17.7 Å². The number of ether oxygens (including phenoxy) is 1. The molecule has 51 heavy (non-hydrogen) atoms. The Bertz CT molecular complexity index is 2130. The monoisotopic (exact) mass is 728 g/mol. The topological polar surface area (TPSA) is 167 Å². The first-order chi connectivity index (χ1) is 24.4. The van der Waals surface area contributed by atoms with E-state index in [1.807, 2.05) is 6.08 Å². The molecular weight excluding hydrogens is 697 g/mol. The van der Waals surface area contributed by atoms with Crippen molar-refractivity contribution in [3.63, 3.8) is 0 Å². The maximum absolute atomic E-state index is 14.3. The Hall–Kier alpha value is -4.84. The maximum atomic E-state index is 14.3. The van der Waals surface area contributed by atoms with Crippen LogP contribution in [0.25, 0.3) is 11.4 Å². The highest BCUT2D eigenvalue weighted by molar-refractivity contribution is 6.33. The molecule has 1 saturated heterocycles. The molecule has 268 valence electrons. The Balaban J connectivity index is 1.23. The molecule has 14 nitrogen and oxygen atoms in total. The Morgan fingerprint density at radius 1 is 1.14 bits per heavy atom. The van der Waals surface area contributed by atoms with Crippen LogP contribution in [-0.2, 0) is 34.5 Å². The fourth-order valence-electron chi connectivity index (χ4n) is 6.85. The van der Waals surface area contributed by atoms with Gasteiger partial charge in [0.1, 0.15) is 17.9 Å². The molecule has 7 rings (SSSR count). The summed E-state index contributed by atoms with van der Waals surface area (Å²) in [6.07, 6.45) is -0.288. The van der Waals surface area contributed by atoms with Gasteiger partial charge < -0.3 is 29.7 Å². The smallest absolute Gasteiger partial charge is 0.416 e. The summed E-state index contributed by atoms with van der Waals surface area (Å²) in [6.45, 7) is 1.59. The fourth-order valence-corrected chi connectivity index (χ4v) is 7.08. The summed E-state index contributed by atoms with van der Waals surface area (Å²) in [5, 5.41) is 26.3. The molecule has 1 spiro atoms. The van der Waals surface area contributed by atoms with E-state index in [0.29, 0.717) is 37.6 Å². The number of aliphatic hydroxyl groups excluding tert-OH is 1. The lowest BCUT2D eigenvalue weighted by molar-refractivity contribution is -0.137. The van der Waals surface area contributed by atoms with Crippen LogP contribution in [0.2, 0.25) is 5.02 Å². The van der Waals surface area contributed by atoms with Gasteiger partial charge in [-0.15, -0.1) is 5.10 Å². The quantitative estimate of drug-likeness (QED) is 0.257. The predicted molar refractivity (Wildman–Crippen MR) is 176 cm³/mol. The van der Waals surface area contributed by atoms with Gasteiger partial charge in [0.2, 0.25) is 11.7 Å². The van der Waals surface area contributed by atoms with E-state index in [1.165, 1.54) is 27.8 Å². The summed E-state index contributed by atoms with van der Waals surface area (Å²) in [5.74, 6) is -0.999. The van der Waals surface area contributed by atoms with Crippen molar-refractivity contribution < 1.29 is 37.7 Å². The minimum Gasteiger partial charge on any atom is -0.505 e. The number of likely N-dealkylation sites (tertiary alicyclic amines) is 1. The van der Waals surface area contributed by atoms with Crippen LogP contribution in [0.3, 0.4) is 0 Å². The first-order valence-electron chi connectivity index (χ1n) is 16.2. The lowest BCUT2D eigenvalue weighted by Gasteiger charge is -2.38. The van der Waals surface area contributed by atoms with E-state index >= 15 is 0 Å². The van der Waals surface area contributed by atoms with E-state index in [1.54, 1.807) is 0 Å². The van der Waals surface area contributed by atoms with Gasteiger partial charge in [-0.2, -0.15) is 22.7 Å². The molecule has 0 atom stereocenters. The van der Waals surface area contributed by atoms with Gasteiger partial charge >= 0.3 is 6.18 Å². The number of alkyl halides is 3. The lowest BCUT2D eigenvalue weighted by atomic mass is 9.85. The van der Waals surface area contributed by atoms with Crippen LogP contribution in [0, 0.1) is 0 Å². The summed E-state index contributed by atoms with van der Waals surface area (Å²) in [7, 11) is 0. The Kier molecular flexibility index (Phi) is 9.07. The molecule has 0 radical (unpaired) electrons. The average Bonchev–Trinajstić information content (AvgIpc) is 3.71. The molecule has 1 fully saturated rings. The second kappa shape index (κ2) is 13.4. The van der Waals surface area contributed by atoms with Gasteiger partial charge in [-0.3, -0.25) is 19.3 Å². The number of pyridine rings is 1. The number of rotatable bonds is 7. The molecule has 0 aliphatic carbocycles. The molecule has 3 N–H and O–H groups in total. The largest absolute Gasteiger partial charge is 0.505 e. The molecule has 3 aliphatic heterocycles. The molecule has 0 unspecified atom stereocenters. The molecule has 6 heterocycles. The number of nitrogens with zero attached hydrogens (tertiary/aromatic N) is 7. The number of carbonyl (C=O) groups excluding carboxylic acids is 2. The van der Waals surface area contributed by atoms with Crippen molar-refractivity contribution in [1.82, 2.24) is 33.9 Å². The van der Waals surface area contributed by atoms with Crippen molar-refractivity contribution in [2.45, 2.75) is 44.2 Å². The molecule has 3 aromatic heterocycles. The number of aromatic nitrogens is 5. The van der Waals surface area contributed by atoms with Crippen molar-refractivity contribution in [2.75, 3.05) is 44.6 Å². The van der Waals surface area contributed by atoms with Crippen LogP contribution in [0.4, 0.5) is 18.9 Å². The number of anilines is 1. The van der Waals surface area contributed by atoms with Crippen LogP contribution >= 0.6 is 11.6 Å². The van der Waals surface area contributed by atoms with Gasteiger partial charge in [-0.05, 0) is 55.2 Å². The summed E-state index contributed by atoms with van der Waals surface area (Å²) in [6, 6.07) is 5.48. The van der Waals surface area contributed by atoms with Crippen molar-refractivity contribution in [1.29, 1.82) is 0 Å². The number of hydrogen-bond donors (Lipinski definition) is 3. The number of halogens is 4. The Morgan fingerprint density at radius 3 is 2.59 bits per heavy atom. The minimum absolute atomic E-state index is 0.0159. The van der Waals surface area contributed by atoms with Gasteiger partial charge in [-0.25, -0.2) is 4.98 Å². The molecule has 3 aliphatic rings. The van der Waals surface area contributed by atoms with Crippen molar-refractivity contribution in [3.05, 3.63) is 86.3 Å². The Morgan fingerprint density at radius 2 is 1.92 bits per heavy atom. The van der Waals surface area contributed by atoms with E-state index in [9.17, 15) is 37.8 Å².